The van der Waals surface area contributed by atoms with E-state index in [4.69, 9.17) is 18.9 Å². The molecular formula is C29H31N3O6. The highest BCUT2D eigenvalue weighted by Gasteiger charge is 2.51. The van der Waals surface area contributed by atoms with Gasteiger partial charge in [-0.2, -0.15) is 0 Å². The molecular weight excluding hydrogens is 486 g/mol. The number of allylic oxidation sites excluding steroid dienone is 4. The number of hydrogen-bond acceptors (Lipinski definition) is 8. The molecule has 1 spiro atoms. The maximum Gasteiger partial charge on any atom is 0.417 e. The van der Waals surface area contributed by atoms with Gasteiger partial charge in [0, 0.05) is 12.3 Å². The number of ether oxygens (including phenoxy) is 4. The van der Waals surface area contributed by atoms with Crippen molar-refractivity contribution in [2.75, 3.05) is 13.7 Å². The van der Waals surface area contributed by atoms with Gasteiger partial charge in [-0.1, -0.05) is 18.2 Å². The second-order valence-electron chi connectivity index (χ2n) is 10.4. The smallest absolute Gasteiger partial charge is 0.417 e. The van der Waals surface area contributed by atoms with Gasteiger partial charge >= 0.3 is 6.09 Å². The lowest BCUT2D eigenvalue weighted by atomic mass is 9.73. The molecule has 2 aromatic rings. The zero-order chi connectivity index (χ0) is 26.2. The van der Waals surface area contributed by atoms with Gasteiger partial charge < -0.3 is 24.1 Å². The normalized spacial score (nSPS) is 26.8. The van der Waals surface area contributed by atoms with Gasteiger partial charge in [-0.05, 0) is 74.6 Å². The average molecular weight is 518 g/mol. The van der Waals surface area contributed by atoms with Gasteiger partial charge in [-0.3, -0.25) is 4.98 Å². The van der Waals surface area contributed by atoms with E-state index >= 15 is 0 Å². The van der Waals surface area contributed by atoms with Crippen LogP contribution in [-0.2, 0) is 20.6 Å². The summed E-state index contributed by atoms with van der Waals surface area (Å²) in [5, 5.41) is 11.4. The van der Waals surface area contributed by atoms with Gasteiger partial charge in [0.25, 0.3) is 0 Å². The highest BCUT2D eigenvalue weighted by molar-refractivity contribution is 5.78. The van der Waals surface area contributed by atoms with Gasteiger partial charge in [0.15, 0.2) is 12.0 Å². The van der Waals surface area contributed by atoms with Crippen molar-refractivity contribution in [1.82, 2.24) is 14.9 Å². The summed E-state index contributed by atoms with van der Waals surface area (Å²) in [6.45, 7) is 0.363. The number of fused-ring (bicyclic) bond motifs is 1. The van der Waals surface area contributed by atoms with E-state index in [0.29, 0.717) is 62.6 Å². The Balaban J connectivity index is 1.09. The zero-order valence-corrected chi connectivity index (χ0v) is 21.4. The molecule has 0 radical (unpaired) electrons. The minimum atomic E-state index is -0.847. The molecule has 6 rings (SSSR count). The number of rotatable bonds is 6. The number of nitrogens with zero attached hydrogens (tertiary/aromatic N) is 3. The van der Waals surface area contributed by atoms with E-state index < -0.39 is 17.3 Å². The van der Waals surface area contributed by atoms with Crippen molar-refractivity contribution in [3.05, 3.63) is 77.9 Å². The first kappa shape index (κ1) is 24.5. The van der Waals surface area contributed by atoms with Crippen molar-refractivity contribution in [2.24, 2.45) is 0 Å². The van der Waals surface area contributed by atoms with Crippen LogP contribution in [0.1, 0.15) is 50.5 Å². The number of carbonyl (C=O) groups is 1. The molecule has 0 aromatic carbocycles. The van der Waals surface area contributed by atoms with Gasteiger partial charge in [-0.15, -0.1) is 0 Å². The first-order valence-electron chi connectivity index (χ1n) is 13.1. The Morgan fingerprint density at radius 3 is 2.82 bits per heavy atom. The molecule has 2 aliphatic carbocycles. The number of aryl methyl sites for hydroxylation is 1. The van der Waals surface area contributed by atoms with Gasteiger partial charge in [0.05, 0.1) is 30.3 Å². The number of pyridine rings is 2. The zero-order valence-electron chi connectivity index (χ0n) is 21.4. The summed E-state index contributed by atoms with van der Waals surface area (Å²) in [7, 11) is 1.59. The topological polar surface area (TPSA) is 103 Å². The monoisotopic (exact) mass is 517 g/mol. The molecule has 2 aliphatic heterocycles. The minimum Gasteiger partial charge on any atom is -0.481 e. The molecule has 4 heterocycles. The van der Waals surface area contributed by atoms with Crippen molar-refractivity contribution in [3.8, 4) is 5.88 Å². The van der Waals surface area contributed by atoms with E-state index in [-0.39, 0.29) is 0 Å². The number of carbonyl (C=O) groups excluding carboxylic acids is 1. The minimum absolute atomic E-state index is 0.327. The molecule has 198 valence electrons. The molecule has 1 N–H and O–H groups in total. The second-order valence-corrected chi connectivity index (χ2v) is 10.4. The number of aliphatic hydroxyl groups is 1. The Labute approximate surface area is 221 Å². The molecule has 2 fully saturated rings. The Morgan fingerprint density at radius 1 is 1.16 bits per heavy atom. The lowest BCUT2D eigenvalue weighted by Gasteiger charge is -2.40. The van der Waals surface area contributed by atoms with E-state index in [1.165, 1.54) is 11.2 Å². The number of hydrogen-bond donors (Lipinski definition) is 1. The van der Waals surface area contributed by atoms with Crippen LogP contribution in [0.25, 0.3) is 11.0 Å². The summed E-state index contributed by atoms with van der Waals surface area (Å²) >= 11 is 0. The number of methoxy groups -OCH3 is 1. The lowest BCUT2D eigenvalue weighted by molar-refractivity contribution is -0.0701. The van der Waals surface area contributed by atoms with Crippen LogP contribution in [0.5, 0.6) is 5.88 Å². The van der Waals surface area contributed by atoms with Crippen LogP contribution in [-0.4, -0.2) is 50.9 Å². The molecule has 0 atom stereocenters. The third-order valence-electron chi connectivity index (χ3n) is 7.93. The van der Waals surface area contributed by atoms with E-state index in [2.05, 4.69) is 16.0 Å². The van der Waals surface area contributed by atoms with E-state index in [1.807, 2.05) is 24.3 Å². The highest BCUT2D eigenvalue weighted by Crippen LogP contribution is 2.44. The molecule has 1 amide bonds. The Bertz CT molecular complexity index is 1370. The average Bonchev–Trinajstić information content (AvgIpc) is 3.30. The van der Waals surface area contributed by atoms with Crippen molar-refractivity contribution in [3.63, 3.8) is 0 Å². The largest absolute Gasteiger partial charge is 0.481 e. The standard InChI is InChI=1S/C29H31N3O6/c1-35-24-8-7-22-26(31-24)21(10-16-30-22)9-11-28(34)12-14-29(15-13-28)19-32(27(33)38-29)25-18-36-17-23(37-25)20-5-3-2-4-6-20/h2-3,5,7-8,10,16-18,34H,4,6,9,11-15,19H2,1H3. The fraction of sp³-hybridized carbons (Fsp3) is 0.414. The van der Waals surface area contributed by atoms with Gasteiger partial charge in [0.2, 0.25) is 11.8 Å². The molecule has 9 heteroatoms. The number of amides is 1. The Kier molecular flexibility index (Phi) is 6.31. The van der Waals surface area contributed by atoms with E-state index in [0.717, 1.165) is 35.0 Å². The molecule has 0 unspecified atom stereocenters. The van der Waals surface area contributed by atoms with Crippen LogP contribution in [0.4, 0.5) is 4.79 Å². The summed E-state index contributed by atoms with van der Waals surface area (Å²) < 4.78 is 22.7. The van der Waals surface area contributed by atoms with Crippen molar-refractivity contribution < 1.29 is 28.8 Å². The molecule has 2 aromatic heterocycles. The Hall–Kier alpha value is -3.85. The van der Waals surface area contributed by atoms with Crippen LogP contribution >= 0.6 is 0 Å². The fourth-order valence-corrected chi connectivity index (χ4v) is 5.60. The van der Waals surface area contributed by atoms with Crippen LogP contribution in [0.15, 0.2) is 72.4 Å². The summed E-state index contributed by atoms with van der Waals surface area (Å²) in [5.41, 5.74) is 2.14. The van der Waals surface area contributed by atoms with Crippen molar-refractivity contribution in [1.29, 1.82) is 0 Å². The molecule has 38 heavy (non-hydrogen) atoms. The summed E-state index contributed by atoms with van der Waals surface area (Å²) in [6, 6.07) is 5.63. The number of aromatic nitrogens is 2. The fourth-order valence-electron chi connectivity index (χ4n) is 5.60. The van der Waals surface area contributed by atoms with Crippen LogP contribution < -0.4 is 4.74 Å². The third kappa shape index (κ3) is 4.74. The predicted molar refractivity (Wildman–Crippen MR) is 139 cm³/mol. The Morgan fingerprint density at radius 2 is 2.03 bits per heavy atom. The van der Waals surface area contributed by atoms with Gasteiger partial charge in [0.1, 0.15) is 11.9 Å². The van der Waals surface area contributed by atoms with Crippen LogP contribution in [0.3, 0.4) is 0 Å². The summed E-state index contributed by atoms with van der Waals surface area (Å²) in [5.74, 6) is 1.47. The maximum absolute atomic E-state index is 12.9. The van der Waals surface area contributed by atoms with Crippen molar-refractivity contribution >= 4 is 17.1 Å². The summed E-state index contributed by atoms with van der Waals surface area (Å²) in [6.07, 6.45) is 15.6. The molecule has 9 nitrogen and oxygen atoms in total. The lowest BCUT2D eigenvalue weighted by Crippen LogP contribution is -2.45. The molecule has 1 saturated carbocycles. The van der Waals surface area contributed by atoms with Crippen LogP contribution in [0, 0.1) is 0 Å². The van der Waals surface area contributed by atoms with Crippen molar-refractivity contribution in [2.45, 2.75) is 62.6 Å². The van der Waals surface area contributed by atoms with E-state index in [1.54, 1.807) is 25.6 Å². The molecule has 4 aliphatic rings. The van der Waals surface area contributed by atoms with E-state index in [9.17, 15) is 9.90 Å². The first-order chi connectivity index (χ1) is 18.5. The van der Waals surface area contributed by atoms with Crippen LogP contribution in [0.2, 0.25) is 0 Å². The molecule has 0 bridgehead atoms. The maximum atomic E-state index is 12.9. The SMILES string of the molecule is COc1ccc2nccc(CCC3(O)CCC4(CC3)CN(C3=COC=C(C5=CC=CCC5)O3)C(=O)O4)c2n1. The first-order valence-corrected chi connectivity index (χ1v) is 13.1. The highest BCUT2D eigenvalue weighted by atomic mass is 16.6. The quantitative estimate of drug-likeness (QED) is 0.569. The van der Waals surface area contributed by atoms with Gasteiger partial charge in [-0.25, -0.2) is 14.7 Å². The molecule has 1 saturated heterocycles. The second kappa shape index (κ2) is 9.79. The summed E-state index contributed by atoms with van der Waals surface area (Å²) in [4.78, 5) is 23.3. The predicted octanol–water partition coefficient (Wildman–Crippen LogP) is 5.03. The third-order valence-corrected chi connectivity index (χ3v) is 7.93.